The van der Waals surface area contributed by atoms with Crippen LogP contribution in [0.4, 0.5) is 4.79 Å². The van der Waals surface area contributed by atoms with Gasteiger partial charge >= 0.3 is 6.03 Å². The molecule has 4 N–H and O–H groups in total. The standard InChI is InChI=1S/C15H24N4O3S/c1-12-7-10-19(11-8-12)17-15(20)18-23(21,22)14-4-2-13(3-5-14)6-9-16/h2-5,12H,6-11,16H2,1H3,(H2,17,18,20). The van der Waals surface area contributed by atoms with E-state index in [1.807, 2.05) is 4.72 Å². The van der Waals surface area contributed by atoms with Gasteiger partial charge < -0.3 is 5.73 Å². The van der Waals surface area contributed by atoms with Gasteiger partial charge in [-0.2, -0.15) is 0 Å². The van der Waals surface area contributed by atoms with Gasteiger partial charge in [-0.1, -0.05) is 19.1 Å². The highest BCUT2D eigenvalue weighted by Gasteiger charge is 2.21. The normalized spacial score (nSPS) is 17.0. The first-order valence-corrected chi connectivity index (χ1v) is 9.26. The average Bonchev–Trinajstić information content (AvgIpc) is 2.50. The molecule has 0 bridgehead atoms. The van der Waals surface area contributed by atoms with E-state index in [0.29, 0.717) is 18.9 Å². The van der Waals surface area contributed by atoms with E-state index >= 15 is 0 Å². The first kappa shape index (κ1) is 17.7. The maximum Gasteiger partial charge on any atom is 0.343 e. The Hall–Kier alpha value is -1.64. The highest BCUT2D eigenvalue weighted by atomic mass is 32.2. The molecule has 7 nitrogen and oxygen atoms in total. The monoisotopic (exact) mass is 340 g/mol. The van der Waals surface area contributed by atoms with E-state index in [1.165, 1.54) is 12.1 Å². The Labute approximate surface area is 137 Å². The molecule has 1 aromatic rings. The summed E-state index contributed by atoms with van der Waals surface area (Å²) < 4.78 is 26.4. The zero-order chi connectivity index (χ0) is 16.9. The predicted molar refractivity (Wildman–Crippen MR) is 88.0 cm³/mol. The van der Waals surface area contributed by atoms with Gasteiger partial charge in [-0.25, -0.2) is 22.9 Å². The summed E-state index contributed by atoms with van der Waals surface area (Å²) in [4.78, 5) is 11.9. The van der Waals surface area contributed by atoms with E-state index in [1.54, 1.807) is 17.1 Å². The minimum atomic E-state index is -3.87. The zero-order valence-corrected chi connectivity index (χ0v) is 14.1. The number of nitrogens with one attached hydrogen (secondary N) is 2. The molecule has 23 heavy (non-hydrogen) atoms. The lowest BCUT2D eigenvalue weighted by molar-refractivity contribution is 0.137. The second kappa shape index (κ2) is 7.76. The Bertz CT molecular complexity index is 623. The van der Waals surface area contributed by atoms with Gasteiger partial charge in [0.05, 0.1) is 4.90 Å². The van der Waals surface area contributed by atoms with Crippen LogP contribution in [-0.2, 0) is 16.4 Å². The predicted octanol–water partition coefficient (Wildman–Crippen LogP) is 0.823. The Morgan fingerprint density at radius 1 is 1.26 bits per heavy atom. The molecule has 0 spiro atoms. The number of urea groups is 1. The van der Waals surface area contributed by atoms with Crippen molar-refractivity contribution in [2.24, 2.45) is 11.7 Å². The van der Waals surface area contributed by atoms with Gasteiger partial charge in [0.1, 0.15) is 0 Å². The molecule has 0 aromatic heterocycles. The number of amides is 2. The molecule has 0 saturated carbocycles. The van der Waals surface area contributed by atoms with E-state index in [-0.39, 0.29) is 4.90 Å². The molecule has 2 rings (SSSR count). The third kappa shape index (κ3) is 5.19. The quantitative estimate of drug-likeness (QED) is 0.736. The molecule has 1 heterocycles. The maximum atomic E-state index is 12.2. The number of benzene rings is 1. The Morgan fingerprint density at radius 2 is 1.87 bits per heavy atom. The van der Waals surface area contributed by atoms with E-state index < -0.39 is 16.1 Å². The van der Waals surface area contributed by atoms with E-state index in [4.69, 9.17) is 5.73 Å². The molecule has 8 heteroatoms. The van der Waals surface area contributed by atoms with Crippen LogP contribution in [0.15, 0.2) is 29.2 Å². The molecule has 1 aromatic carbocycles. The fraction of sp³-hybridized carbons (Fsp3) is 0.533. The summed E-state index contributed by atoms with van der Waals surface area (Å²) in [5.74, 6) is 0.631. The Kier molecular flexibility index (Phi) is 5.97. The van der Waals surface area contributed by atoms with Crippen LogP contribution >= 0.6 is 0 Å². The van der Waals surface area contributed by atoms with Gasteiger partial charge in [0.15, 0.2) is 0 Å². The summed E-state index contributed by atoms with van der Waals surface area (Å²) in [6, 6.07) is 5.62. The molecular weight excluding hydrogens is 316 g/mol. The van der Waals surface area contributed by atoms with Crippen LogP contribution in [0.5, 0.6) is 0 Å². The van der Waals surface area contributed by atoms with Crippen molar-refractivity contribution in [1.29, 1.82) is 0 Å². The topological polar surface area (TPSA) is 105 Å². The second-order valence-electron chi connectivity index (χ2n) is 5.90. The van der Waals surface area contributed by atoms with E-state index in [0.717, 1.165) is 31.5 Å². The highest BCUT2D eigenvalue weighted by molar-refractivity contribution is 7.90. The molecule has 0 radical (unpaired) electrons. The number of carbonyl (C=O) groups excluding carboxylic acids is 1. The molecule has 0 unspecified atom stereocenters. The molecular formula is C15H24N4O3S. The van der Waals surface area contributed by atoms with Gasteiger partial charge in [-0.15, -0.1) is 0 Å². The molecule has 128 valence electrons. The van der Waals surface area contributed by atoms with Crippen molar-refractivity contribution < 1.29 is 13.2 Å². The van der Waals surface area contributed by atoms with Crippen molar-refractivity contribution >= 4 is 16.1 Å². The van der Waals surface area contributed by atoms with Crippen LogP contribution in [0, 0.1) is 5.92 Å². The summed E-state index contributed by atoms with van der Waals surface area (Å²) >= 11 is 0. The lowest BCUT2D eigenvalue weighted by Crippen LogP contribution is -2.51. The first-order chi connectivity index (χ1) is 10.9. The fourth-order valence-corrected chi connectivity index (χ4v) is 3.37. The van der Waals surface area contributed by atoms with Crippen LogP contribution in [0.2, 0.25) is 0 Å². The third-order valence-electron chi connectivity index (χ3n) is 3.94. The highest BCUT2D eigenvalue weighted by Crippen LogP contribution is 2.14. The van der Waals surface area contributed by atoms with Crippen molar-refractivity contribution in [2.45, 2.75) is 31.1 Å². The molecule has 2 amide bonds. The largest absolute Gasteiger partial charge is 0.343 e. The molecule has 0 atom stereocenters. The number of piperidine rings is 1. The van der Waals surface area contributed by atoms with Crippen LogP contribution in [0.3, 0.4) is 0 Å². The molecule has 1 aliphatic heterocycles. The summed E-state index contributed by atoms with van der Waals surface area (Å²) in [6.07, 6.45) is 2.65. The maximum absolute atomic E-state index is 12.2. The van der Waals surface area contributed by atoms with Crippen molar-refractivity contribution in [2.75, 3.05) is 19.6 Å². The van der Waals surface area contributed by atoms with E-state index in [9.17, 15) is 13.2 Å². The Balaban J connectivity index is 1.93. The van der Waals surface area contributed by atoms with Crippen molar-refractivity contribution in [1.82, 2.24) is 15.2 Å². The first-order valence-electron chi connectivity index (χ1n) is 7.78. The SMILES string of the molecule is CC1CCN(NC(=O)NS(=O)(=O)c2ccc(CCN)cc2)CC1. The van der Waals surface area contributed by atoms with Crippen molar-refractivity contribution in [3.8, 4) is 0 Å². The minimum Gasteiger partial charge on any atom is -0.330 e. The van der Waals surface area contributed by atoms with Gasteiger partial charge in [0.2, 0.25) is 0 Å². The number of nitrogens with zero attached hydrogens (tertiary/aromatic N) is 1. The van der Waals surface area contributed by atoms with Crippen molar-refractivity contribution in [3.63, 3.8) is 0 Å². The second-order valence-corrected chi connectivity index (χ2v) is 7.58. The molecule has 0 aliphatic carbocycles. The van der Waals surface area contributed by atoms with Gasteiger partial charge in [0.25, 0.3) is 10.0 Å². The van der Waals surface area contributed by atoms with Gasteiger partial charge in [-0.05, 0) is 49.4 Å². The molecule has 1 aliphatic rings. The van der Waals surface area contributed by atoms with Gasteiger partial charge in [0, 0.05) is 13.1 Å². The van der Waals surface area contributed by atoms with Crippen LogP contribution in [0.1, 0.15) is 25.3 Å². The lowest BCUT2D eigenvalue weighted by Gasteiger charge is -2.30. The number of hydrogen-bond donors (Lipinski definition) is 3. The van der Waals surface area contributed by atoms with Crippen LogP contribution < -0.4 is 15.9 Å². The fourth-order valence-electron chi connectivity index (χ4n) is 2.47. The smallest absolute Gasteiger partial charge is 0.330 e. The number of hydrazine groups is 1. The third-order valence-corrected chi connectivity index (χ3v) is 5.28. The number of rotatable bonds is 5. The van der Waals surface area contributed by atoms with E-state index in [2.05, 4.69) is 12.3 Å². The number of hydrogen-bond acceptors (Lipinski definition) is 5. The Morgan fingerprint density at radius 3 is 2.43 bits per heavy atom. The zero-order valence-electron chi connectivity index (χ0n) is 13.3. The summed E-state index contributed by atoms with van der Waals surface area (Å²) in [5, 5.41) is 1.75. The number of sulfonamides is 1. The average molecular weight is 340 g/mol. The number of carbonyl (C=O) groups is 1. The summed E-state index contributed by atoms with van der Waals surface area (Å²) in [6.45, 7) is 4.11. The summed E-state index contributed by atoms with van der Waals surface area (Å²) in [7, 11) is -3.87. The van der Waals surface area contributed by atoms with Gasteiger partial charge in [-0.3, -0.25) is 5.43 Å². The van der Waals surface area contributed by atoms with Crippen LogP contribution in [-0.4, -0.2) is 39.1 Å². The minimum absolute atomic E-state index is 0.0562. The summed E-state index contributed by atoms with van der Waals surface area (Å²) in [5.41, 5.74) is 9.00. The van der Waals surface area contributed by atoms with Crippen LogP contribution in [0.25, 0.3) is 0 Å². The molecule has 1 fully saturated rings. The molecule has 1 saturated heterocycles. The number of nitrogens with two attached hydrogens (primary N) is 1. The van der Waals surface area contributed by atoms with Crippen molar-refractivity contribution in [3.05, 3.63) is 29.8 Å². The lowest BCUT2D eigenvalue weighted by atomic mass is 10.0.